The highest BCUT2D eigenvalue weighted by Crippen LogP contribution is 2.51. The summed E-state index contributed by atoms with van der Waals surface area (Å²) in [6, 6.07) is -0.178. The first-order valence-electron chi connectivity index (χ1n) is 9.90. The summed E-state index contributed by atoms with van der Waals surface area (Å²) in [5.41, 5.74) is 0.356. The van der Waals surface area contributed by atoms with E-state index in [0.29, 0.717) is 25.2 Å². The van der Waals surface area contributed by atoms with Crippen molar-refractivity contribution in [1.82, 2.24) is 10.2 Å². The third-order valence-corrected chi connectivity index (χ3v) is 7.55. The number of aliphatic carboxylic acids is 1. The van der Waals surface area contributed by atoms with Crippen LogP contribution in [0.5, 0.6) is 0 Å². The lowest BCUT2D eigenvalue weighted by Gasteiger charge is -2.49. The Balaban J connectivity index is 1.63. The third-order valence-electron chi connectivity index (χ3n) is 6.04. The van der Waals surface area contributed by atoms with Crippen molar-refractivity contribution >= 4 is 23.7 Å². The maximum absolute atomic E-state index is 11.9. The van der Waals surface area contributed by atoms with Crippen molar-refractivity contribution in [2.24, 2.45) is 11.8 Å². The molecule has 2 fully saturated rings. The van der Waals surface area contributed by atoms with Gasteiger partial charge in [0.15, 0.2) is 0 Å². The Labute approximate surface area is 169 Å². The first kappa shape index (κ1) is 21.4. The number of aliphatic hydroxyl groups is 2. The van der Waals surface area contributed by atoms with Crippen LogP contribution >= 0.6 is 11.8 Å². The van der Waals surface area contributed by atoms with Gasteiger partial charge in [-0.15, -0.1) is 11.8 Å². The number of esters is 1. The van der Waals surface area contributed by atoms with Crippen LogP contribution in [0.15, 0.2) is 10.6 Å². The summed E-state index contributed by atoms with van der Waals surface area (Å²) in [6.45, 7) is 7.02. The Hall–Kier alpha value is -1.29. The van der Waals surface area contributed by atoms with E-state index in [1.54, 1.807) is 25.6 Å². The molecular weight excluding hydrogens is 384 g/mol. The van der Waals surface area contributed by atoms with Crippen LogP contribution in [-0.4, -0.2) is 81.4 Å². The van der Waals surface area contributed by atoms with Crippen LogP contribution in [0.3, 0.4) is 0 Å². The Morgan fingerprint density at radius 3 is 2.71 bits per heavy atom. The molecule has 3 rings (SSSR count). The van der Waals surface area contributed by atoms with Gasteiger partial charge < -0.3 is 30.3 Å². The molecule has 0 aliphatic carbocycles. The highest BCUT2D eigenvalue weighted by atomic mass is 32.2. The second-order valence-corrected chi connectivity index (χ2v) is 9.26. The molecule has 0 unspecified atom stereocenters. The summed E-state index contributed by atoms with van der Waals surface area (Å²) in [5.74, 6) is -1.20. The fourth-order valence-corrected chi connectivity index (χ4v) is 6.11. The maximum atomic E-state index is 11.9. The Morgan fingerprint density at radius 1 is 1.39 bits per heavy atom. The van der Waals surface area contributed by atoms with Gasteiger partial charge in [0.1, 0.15) is 5.70 Å². The number of thioether (sulfide) groups is 1. The smallest absolute Gasteiger partial charge is 0.353 e. The van der Waals surface area contributed by atoms with Gasteiger partial charge in [-0.1, -0.05) is 6.92 Å². The molecule has 3 heterocycles. The lowest BCUT2D eigenvalue weighted by Crippen LogP contribution is -2.59. The number of hydrogen-bond acceptors (Lipinski definition) is 8. The van der Waals surface area contributed by atoms with E-state index in [1.165, 1.54) is 0 Å². The van der Waals surface area contributed by atoms with Gasteiger partial charge in [-0.05, 0) is 20.3 Å². The molecule has 2 saturated heterocycles. The van der Waals surface area contributed by atoms with Crippen LogP contribution in [-0.2, 0) is 14.3 Å². The molecule has 28 heavy (non-hydrogen) atoms. The largest absolute Gasteiger partial charge is 0.477 e. The lowest BCUT2D eigenvalue weighted by molar-refractivity contribution is -0.145. The van der Waals surface area contributed by atoms with Crippen molar-refractivity contribution in [2.45, 2.75) is 63.2 Å². The summed E-state index contributed by atoms with van der Waals surface area (Å²) < 4.78 is 4.89. The molecule has 0 spiro atoms. The van der Waals surface area contributed by atoms with E-state index in [1.807, 2.05) is 11.8 Å². The monoisotopic (exact) mass is 414 g/mol. The fourth-order valence-electron chi connectivity index (χ4n) is 4.60. The quantitative estimate of drug-likeness (QED) is 0.418. The number of fused-ring (bicyclic) bond motifs is 1. The summed E-state index contributed by atoms with van der Waals surface area (Å²) >= 11 is 1.56. The van der Waals surface area contributed by atoms with Crippen molar-refractivity contribution in [2.75, 3.05) is 19.7 Å². The number of rotatable bonds is 8. The van der Waals surface area contributed by atoms with E-state index in [4.69, 9.17) is 4.74 Å². The molecule has 4 N–H and O–H groups in total. The van der Waals surface area contributed by atoms with Crippen LogP contribution in [0.4, 0.5) is 0 Å². The van der Waals surface area contributed by atoms with Gasteiger partial charge in [0, 0.05) is 47.2 Å². The number of carbonyl (C=O) groups excluding carboxylic acids is 1. The molecule has 0 aromatic rings. The van der Waals surface area contributed by atoms with Gasteiger partial charge in [-0.2, -0.15) is 0 Å². The van der Waals surface area contributed by atoms with Gasteiger partial charge in [-0.25, -0.2) is 4.79 Å². The van der Waals surface area contributed by atoms with E-state index >= 15 is 0 Å². The predicted molar refractivity (Wildman–Crippen MR) is 105 cm³/mol. The number of hydrogen-bond donors (Lipinski definition) is 4. The summed E-state index contributed by atoms with van der Waals surface area (Å²) in [4.78, 5) is 26.2. The topological polar surface area (TPSA) is 119 Å². The number of carbonyl (C=O) groups is 2. The van der Waals surface area contributed by atoms with Gasteiger partial charge in [-0.3, -0.25) is 4.79 Å². The molecule has 3 aliphatic heterocycles. The second-order valence-electron chi connectivity index (χ2n) is 7.92. The molecule has 7 atom stereocenters. The highest BCUT2D eigenvalue weighted by molar-refractivity contribution is 8.03. The molecule has 0 bridgehead atoms. The first-order valence-corrected chi connectivity index (χ1v) is 10.8. The van der Waals surface area contributed by atoms with Gasteiger partial charge >= 0.3 is 11.9 Å². The minimum absolute atomic E-state index is 0.0353. The van der Waals surface area contributed by atoms with Crippen molar-refractivity contribution in [3.05, 3.63) is 10.6 Å². The van der Waals surface area contributed by atoms with E-state index in [-0.39, 0.29) is 42.2 Å². The van der Waals surface area contributed by atoms with E-state index < -0.39 is 24.1 Å². The van der Waals surface area contributed by atoms with E-state index in [2.05, 4.69) is 5.32 Å². The molecule has 9 heteroatoms. The molecule has 0 aromatic carbocycles. The number of nitrogens with zero attached hydrogens (tertiary/aromatic N) is 1. The predicted octanol–water partition coefficient (Wildman–Crippen LogP) is 0.391. The zero-order chi connectivity index (χ0) is 20.6. The van der Waals surface area contributed by atoms with Crippen LogP contribution < -0.4 is 5.32 Å². The standard InChI is InChI=1S/C19H30N2O6S/c1-4-27-15(24)6-14(23)13-5-11(7-20-13)28-18-9(2)16-12(10(3)22)8-21(16)17(18)19(25)26/h9-14,16,20,22-23H,4-8H2,1-3H3,(H,25,26)/t9-,10-,11+,12-,13+,14-,16-/m1/s1. The average molecular weight is 415 g/mol. The Bertz CT molecular complexity index is 654. The summed E-state index contributed by atoms with van der Waals surface area (Å²) in [6.07, 6.45) is -0.676. The molecule has 3 aliphatic rings. The molecule has 0 amide bonds. The Kier molecular flexibility index (Phi) is 6.58. The van der Waals surface area contributed by atoms with Crippen molar-refractivity contribution < 1.29 is 29.6 Å². The third kappa shape index (κ3) is 4.03. The molecule has 0 aromatic heterocycles. The van der Waals surface area contributed by atoms with Crippen LogP contribution in [0.1, 0.15) is 33.6 Å². The summed E-state index contributed by atoms with van der Waals surface area (Å²) in [5, 5.41) is 33.4. The van der Waals surface area contributed by atoms with Crippen LogP contribution in [0.2, 0.25) is 0 Å². The average Bonchev–Trinajstić information content (AvgIpc) is 3.11. The highest BCUT2D eigenvalue weighted by Gasteiger charge is 2.54. The number of ether oxygens (including phenoxy) is 1. The van der Waals surface area contributed by atoms with Crippen LogP contribution in [0, 0.1) is 11.8 Å². The second kappa shape index (κ2) is 8.61. The fraction of sp³-hybridized carbons (Fsp3) is 0.789. The minimum Gasteiger partial charge on any atom is -0.477 e. The molecular formula is C19H30N2O6S. The zero-order valence-corrected chi connectivity index (χ0v) is 17.3. The normalized spacial score (nSPS) is 34.0. The minimum atomic E-state index is -0.925. The number of carboxylic acid groups (broad SMARTS) is 1. The zero-order valence-electron chi connectivity index (χ0n) is 16.5. The van der Waals surface area contributed by atoms with Crippen molar-refractivity contribution in [1.29, 1.82) is 0 Å². The van der Waals surface area contributed by atoms with E-state index in [0.717, 1.165) is 4.91 Å². The molecule has 0 saturated carbocycles. The summed E-state index contributed by atoms with van der Waals surface area (Å²) in [7, 11) is 0. The van der Waals surface area contributed by atoms with Crippen molar-refractivity contribution in [3.63, 3.8) is 0 Å². The molecule has 158 valence electrons. The first-order chi connectivity index (χ1) is 13.2. The molecule has 0 radical (unpaired) electrons. The van der Waals surface area contributed by atoms with Gasteiger partial charge in [0.25, 0.3) is 0 Å². The lowest BCUT2D eigenvalue weighted by atomic mass is 9.80. The SMILES string of the molecule is CCOC(=O)C[C@@H](O)[C@@H]1C[C@H](SC2=C(C(=O)O)N3C[C@H]([C@@H](C)O)[C@H]3[C@H]2C)CN1. The van der Waals surface area contributed by atoms with Crippen molar-refractivity contribution in [3.8, 4) is 0 Å². The maximum Gasteiger partial charge on any atom is 0.353 e. The van der Waals surface area contributed by atoms with Crippen LogP contribution in [0.25, 0.3) is 0 Å². The van der Waals surface area contributed by atoms with Gasteiger partial charge in [0.2, 0.25) is 0 Å². The Morgan fingerprint density at radius 2 is 2.11 bits per heavy atom. The molecule has 8 nitrogen and oxygen atoms in total. The van der Waals surface area contributed by atoms with E-state index in [9.17, 15) is 24.9 Å². The van der Waals surface area contributed by atoms with Gasteiger partial charge in [0.05, 0.1) is 25.2 Å². The number of nitrogens with one attached hydrogen (secondary N) is 1. The number of aliphatic hydroxyl groups excluding tert-OH is 2. The number of carboxylic acids is 1.